The van der Waals surface area contributed by atoms with Crippen LogP contribution in [0.5, 0.6) is 0 Å². The molecule has 0 fully saturated rings. The fourth-order valence-corrected chi connectivity index (χ4v) is 1.66. The molecule has 0 aliphatic heterocycles. The Kier molecular flexibility index (Phi) is 5.17. The zero-order valence-electron chi connectivity index (χ0n) is 10.3. The van der Waals surface area contributed by atoms with E-state index >= 15 is 0 Å². The van der Waals surface area contributed by atoms with Crippen molar-refractivity contribution in [2.45, 2.75) is 19.8 Å². The van der Waals surface area contributed by atoms with E-state index in [0.29, 0.717) is 17.7 Å². The topological polar surface area (TPSA) is 92.4 Å². The summed E-state index contributed by atoms with van der Waals surface area (Å²) in [7, 11) is 0. The Hall–Kier alpha value is -2.04. The van der Waals surface area contributed by atoms with Crippen LogP contribution in [0.15, 0.2) is 24.3 Å². The summed E-state index contributed by atoms with van der Waals surface area (Å²) >= 11 is 0. The highest BCUT2D eigenvalue weighted by atomic mass is 16.4. The number of anilines is 1. The van der Waals surface area contributed by atoms with Crippen molar-refractivity contribution < 1.29 is 14.7 Å². The quantitative estimate of drug-likeness (QED) is 0.667. The van der Waals surface area contributed by atoms with E-state index in [1.807, 2.05) is 6.92 Å². The molecule has 1 atom stereocenters. The van der Waals surface area contributed by atoms with Crippen molar-refractivity contribution in [3.8, 4) is 0 Å². The Morgan fingerprint density at radius 1 is 1.44 bits per heavy atom. The van der Waals surface area contributed by atoms with Gasteiger partial charge >= 0.3 is 5.97 Å². The molecule has 0 spiro atoms. The molecule has 98 valence electrons. The number of nitrogens with one attached hydrogen (secondary N) is 1. The maximum Gasteiger partial charge on any atom is 0.308 e. The molecule has 1 amide bonds. The maximum absolute atomic E-state index is 11.8. The molecule has 18 heavy (non-hydrogen) atoms. The van der Waals surface area contributed by atoms with E-state index in [1.54, 1.807) is 24.3 Å². The summed E-state index contributed by atoms with van der Waals surface area (Å²) in [6.45, 7) is 2.05. The molecule has 0 bridgehead atoms. The number of rotatable bonds is 6. The lowest BCUT2D eigenvalue weighted by atomic mass is 10.0. The average molecular weight is 250 g/mol. The summed E-state index contributed by atoms with van der Waals surface area (Å²) in [4.78, 5) is 22.7. The Balaban J connectivity index is 2.57. The minimum atomic E-state index is -0.885. The van der Waals surface area contributed by atoms with Crippen LogP contribution in [0.3, 0.4) is 0 Å². The zero-order valence-corrected chi connectivity index (χ0v) is 10.3. The van der Waals surface area contributed by atoms with Crippen LogP contribution >= 0.6 is 0 Å². The van der Waals surface area contributed by atoms with Crippen LogP contribution in [0.25, 0.3) is 0 Å². The van der Waals surface area contributed by atoms with Gasteiger partial charge in [-0.25, -0.2) is 0 Å². The van der Waals surface area contributed by atoms with E-state index in [1.165, 1.54) is 0 Å². The van der Waals surface area contributed by atoms with Crippen molar-refractivity contribution in [2.75, 3.05) is 12.3 Å². The van der Waals surface area contributed by atoms with Gasteiger partial charge in [-0.2, -0.15) is 0 Å². The van der Waals surface area contributed by atoms with Gasteiger partial charge in [0.2, 0.25) is 0 Å². The first kappa shape index (κ1) is 14.0. The first-order valence-corrected chi connectivity index (χ1v) is 5.91. The third kappa shape index (κ3) is 4.08. The highest BCUT2D eigenvalue weighted by Gasteiger charge is 2.17. The Labute approximate surface area is 106 Å². The zero-order chi connectivity index (χ0) is 13.5. The number of nitrogens with two attached hydrogens (primary N) is 1. The number of hydrogen-bond acceptors (Lipinski definition) is 3. The number of carbonyl (C=O) groups excluding carboxylic acids is 1. The largest absolute Gasteiger partial charge is 0.481 e. The Morgan fingerprint density at radius 2 is 2.17 bits per heavy atom. The average Bonchev–Trinajstić information content (AvgIpc) is 2.33. The minimum absolute atomic E-state index is 0.136. The summed E-state index contributed by atoms with van der Waals surface area (Å²) in [6, 6.07) is 6.57. The monoisotopic (exact) mass is 250 g/mol. The van der Waals surface area contributed by atoms with Crippen molar-refractivity contribution >= 4 is 17.6 Å². The first-order valence-electron chi connectivity index (χ1n) is 5.91. The molecule has 5 heteroatoms. The van der Waals surface area contributed by atoms with Crippen LogP contribution in [-0.4, -0.2) is 23.5 Å². The van der Waals surface area contributed by atoms with Crippen LogP contribution in [0.4, 0.5) is 5.69 Å². The number of aliphatic carboxylic acids is 1. The number of carboxylic acid groups (broad SMARTS) is 1. The molecule has 4 N–H and O–H groups in total. The standard InChI is InChI=1S/C13H18N2O3/c1-2-4-10(13(17)18)8-15-12(16)9-5-3-6-11(14)7-9/h3,5-7,10H,2,4,8,14H2,1H3,(H,15,16)(H,17,18). The molecular formula is C13H18N2O3. The maximum atomic E-state index is 11.8. The summed E-state index contributed by atoms with van der Waals surface area (Å²) in [6.07, 6.45) is 1.32. The lowest BCUT2D eigenvalue weighted by Gasteiger charge is -2.12. The second kappa shape index (κ2) is 6.64. The molecule has 0 aromatic heterocycles. The van der Waals surface area contributed by atoms with E-state index in [2.05, 4.69) is 5.32 Å². The van der Waals surface area contributed by atoms with Crippen LogP contribution < -0.4 is 11.1 Å². The molecule has 0 saturated carbocycles. The third-order valence-corrected chi connectivity index (χ3v) is 2.64. The molecular weight excluding hydrogens is 232 g/mol. The van der Waals surface area contributed by atoms with Gasteiger partial charge < -0.3 is 16.2 Å². The molecule has 1 aromatic rings. The molecule has 1 unspecified atom stereocenters. The molecule has 5 nitrogen and oxygen atoms in total. The normalized spacial score (nSPS) is 11.8. The van der Waals surface area contributed by atoms with Crippen molar-refractivity contribution in [2.24, 2.45) is 5.92 Å². The van der Waals surface area contributed by atoms with Crippen LogP contribution in [0.1, 0.15) is 30.1 Å². The van der Waals surface area contributed by atoms with Crippen LogP contribution in [-0.2, 0) is 4.79 Å². The second-order valence-corrected chi connectivity index (χ2v) is 4.16. The van der Waals surface area contributed by atoms with E-state index in [9.17, 15) is 9.59 Å². The van der Waals surface area contributed by atoms with Crippen molar-refractivity contribution in [1.82, 2.24) is 5.32 Å². The lowest BCUT2D eigenvalue weighted by molar-refractivity contribution is -0.141. The smallest absolute Gasteiger partial charge is 0.308 e. The highest BCUT2D eigenvalue weighted by Crippen LogP contribution is 2.08. The predicted octanol–water partition coefficient (Wildman–Crippen LogP) is 1.50. The number of hydrogen-bond donors (Lipinski definition) is 3. The molecule has 0 aliphatic rings. The second-order valence-electron chi connectivity index (χ2n) is 4.16. The molecule has 0 heterocycles. The summed E-state index contributed by atoms with van der Waals surface area (Å²) < 4.78 is 0. The van der Waals surface area contributed by atoms with Crippen molar-refractivity contribution in [1.29, 1.82) is 0 Å². The van der Waals surface area contributed by atoms with Crippen LogP contribution in [0, 0.1) is 5.92 Å². The Morgan fingerprint density at radius 3 is 2.72 bits per heavy atom. The van der Waals surface area contributed by atoms with E-state index < -0.39 is 11.9 Å². The minimum Gasteiger partial charge on any atom is -0.481 e. The van der Waals surface area contributed by atoms with Gasteiger partial charge in [0.25, 0.3) is 5.91 Å². The molecule has 0 saturated heterocycles. The number of carbonyl (C=O) groups is 2. The fourth-order valence-electron chi connectivity index (χ4n) is 1.66. The fraction of sp³-hybridized carbons (Fsp3) is 0.385. The number of nitrogen functional groups attached to an aromatic ring is 1. The summed E-state index contributed by atoms with van der Waals surface area (Å²) in [5, 5.41) is 11.6. The molecule has 0 radical (unpaired) electrons. The summed E-state index contributed by atoms with van der Waals surface area (Å²) in [5.74, 6) is -1.73. The van der Waals surface area contributed by atoms with Gasteiger partial charge in [0.1, 0.15) is 0 Å². The van der Waals surface area contributed by atoms with Gasteiger partial charge in [-0.15, -0.1) is 0 Å². The number of carboxylic acids is 1. The van der Waals surface area contributed by atoms with Crippen LogP contribution in [0.2, 0.25) is 0 Å². The number of amides is 1. The van der Waals surface area contributed by atoms with Gasteiger partial charge in [0, 0.05) is 17.8 Å². The SMILES string of the molecule is CCCC(CNC(=O)c1cccc(N)c1)C(=O)O. The van der Waals surface area contributed by atoms with Gasteiger partial charge in [0.05, 0.1) is 5.92 Å². The predicted molar refractivity (Wildman–Crippen MR) is 69.2 cm³/mol. The summed E-state index contributed by atoms with van der Waals surface area (Å²) in [5.41, 5.74) is 6.52. The lowest BCUT2D eigenvalue weighted by Crippen LogP contribution is -2.32. The number of benzene rings is 1. The first-order chi connectivity index (χ1) is 8.54. The Bertz CT molecular complexity index is 432. The van der Waals surface area contributed by atoms with Gasteiger partial charge in [-0.05, 0) is 24.6 Å². The third-order valence-electron chi connectivity index (χ3n) is 2.64. The van der Waals surface area contributed by atoms with E-state index in [-0.39, 0.29) is 12.5 Å². The highest BCUT2D eigenvalue weighted by molar-refractivity contribution is 5.95. The van der Waals surface area contributed by atoms with Gasteiger partial charge in [-0.1, -0.05) is 19.4 Å². The molecule has 1 aromatic carbocycles. The van der Waals surface area contributed by atoms with Gasteiger partial charge in [-0.3, -0.25) is 9.59 Å². The van der Waals surface area contributed by atoms with Gasteiger partial charge in [0.15, 0.2) is 0 Å². The molecule has 0 aliphatic carbocycles. The van der Waals surface area contributed by atoms with E-state index in [4.69, 9.17) is 10.8 Å². The van der Waals surface area contributed by atoms with Crippen molar-refractivity contribution in [3.05, 3.63) is 29.8 Å². The molecule has 1 rings (SSSR count). The van der Waals surface area contributed by atoms with E-state index in [0.717, 1.165) is 6.42 Å². The van der Waals surface area contributed by atoms with Crippen molar-refractivity contribution in [3.63, 3.8) is 0 Å².